The van der Waals surface area contributed by atoms with Gasteiger partial charge in [-0.3, -0.25) is 9.59 Å². The van der Waals surface area contributed by atoms with Crippen molar-refractivity contribution in [2.24, 2.45) is 0 Å². The number of ether oxygens (including phenoxy) is 2. The molecule has 0 aliphatic carbocycles. The third kappa shape index (κ3) is 6.21. The zero-order valence-corrected chi connectivity index (χ0v) is 19.1. The number of halogens is 18. The highest BCUT2D eigenvalue weighted by Crippen LogP contribution is 2.48. The number of hydrogen-bond donors (Lipinski definition) is 0. The number of hydrogen-bond acceptors (Lipinski definition) is 4. The molecular formula is C18H2Cl2F16O4. The van der Waals surface area contributed by atoms with E-state index < -0.39 is 104 Å². The van der Waals surface area contributed by atoms with Gasteiger partial charge in [-0.15, -0.1) is 0 Å². The van der Waals surface area contributed by atoms with Crippen LogP contribution >= 0.6 is 23.2 Å². The van der Waals surface area contributed by atoms with Crippen molar-refractivity contribution >= 4 is 44.5 Å². The monoisotopic (exact) mass is 656 g/mol. The number of alkyl halides is 12. The first kappa shape index (κ1) is 33.3. The molecule has 0 saturated heterocycles. The van der Waals surface area contributed by atoms with E-state index in [1.165, 1.54) is 0 Å². The number of carbonyl (C=O) groups is 2. The Balaban J connectivity index is 3.29. The van der Waals surface area contributed by atoms with Gasteiger partial charge in [-0.05, 0) is 23.2 Å². The molecule has 0 bridgehead atoms. The summed E-state index contributed by atoms with van der Waals surface area (Å²) in [7, 11) is 0. The second-order valence-electron chi connectivity index (χ2n) is 7.12. The average molecular weight is 657 g/mol. The predicted molar refractivity (Wildman–Crippen MR) is 97.2 cm³/mol. The molecule has 2 aromatic rings. The number of carbonyl (C=O) groups excluding carboxylic acids is 2. The van der Waals surface area contributed by atoms with Crippen molar-refractivity contribution in [3.63, 3.8) is 0 Å². The van der Waals surface area contributed by atoms with E-state index >= 15 is 8.78 Å². The molecule has 2 rings (SSSR count). The summed E-state index contributed by atoms with van der Waals surface area (Å²) in [6.07, 6.45) is -36.9. The Morgan fingerprint density at radius 1 is 0.500 bits per heavy atom. The van der Waals surface area contributed by atoms with Crippen LogP contribution in [0, 0.1) is 23.3 Å². The van der Waals surface area contributed by atoms with Crippen LogP contribution in [0.5, 0.6) is 11.5 Å². The molecule has 0 saturated carbocycles. The molecule has 40 heavy (non-hydrogen) atoms. The molecule has 0 aliphatic heterocycles. The van der Waals surface area contributed by atoms with Gasteiger partial charge in [0.2, 0.25) is 0 Å². The maximum absolute atomic E-state index is 15.0. The lowest BCUT2D eigenvalue weighted by atomic mass is 9.99. The van der Waals surface area contributed by atoms with E-state index in [-0.39, 0.29) is 0 Å². The number of benzene rings is 2. The highest BCUT2D eigenvalue weighted by atomic mass is 35.5. The van der Waals surface area contributed by atoms with E-state index in [2.05, 4.69) is 9.47 Å². The standard InChI is InChI=1S/C18H2Cl2F16O4/c19-11(37)3-5(21)1-2(10(8(3)24)40-14(17(31,32)33)18(34,35)36)6(22)4(12(20)38)7(23)9(1)39-13(15(25,26)27)16(28,29)30/h13-14H. The lowest BCUT2D eigenvalue weighted by Crippen LogP contribution is -2.47. The Labute approximate surface area is 217 Å². The van der Waals surface area contributed by atoms with Gasteiger partial charge in [-0.2, -0.15) is 52.7 Å². The first-order valence-corrected chi connectivity index (χ1v) is 9.85. The summed E-state index contributed by atoms with van der Waals surface area (Å²) >= 11 is 9.57. The molecule has 0 atom stereocenters. The molecule has 224 valence electrons. The SMILES string of the molecule is O=C(Cl)c1c(F)c(OC(C(F)(F)F)C(F)(F)F)c2c(F)c(C(=O)Cl)c(F)c(OC(C(F)(F)F)C(F)(F)F)c2c1F. The Bertz CT molecular complexity index is 1230. The third-order valence-corrected chi connectivity index (χ3v) is 4.85. The van der Waals surface area contributed by atoms with Crippen LogP contribution < -0.4 is 9.47 Å². The second-order valence-corrected chi connectivity index (χ2v) is 7.81. The lowest BCUT2D eigenvalue weighted by molar-refractivity contribution is -0.301. The molecule has 0 radical (unpaired) electrons. The van der Waals surface area contributed by atoms with Crippen molar-refractivity contribution in [1.82, 2.24) is 0 Å². The molecule has 2 aromatic carbocycles. The number of fused-ring (bicyclic) bond motifs is 1. The van der Waals surface area contributed by atoms with Crippen LogP contribution in [-0.2, 0) is 0 Å². The second kappa shape index (κ2) is 10.5. The van der Waals surface area contributed by atoms with Gasteiger partial charge < -0.3 is 9.47 Å². The first-order chi connectivity index (χ1) is 17.7. The van der Waals surface area contributed by atoms with Gasteiger partial charge in [0, 0.05) is 0 Å². The Kier molecular flexibility index (Phi) is 8.74. The summed E-state index contributed by atoms with van der Waals surface area (Å²) in [6, 6.07) is 0. The summed E-state index contributed by atoms with van der Waals surface area (Å²) in [4.78, 5) is 23.0. The van der Waals surface area contributed by atoms with Crippen LogP contribution in [0.15, 0.2) is 0 Å². The molecule has 0 spiro atoms. The van der Waals surface area contributed by atoms with Gasteiger partial charge in [-0.25, -0.2) is 17.6 Å². The molecule has 22 heteroatoms. The van der Waals surface area contributed by atoms with Crippen LogP contribution in [0.4, 0.5) is 70.2 Å². The highest BCUT2D eigenvalue weighted by molar-refractivity contribution is 6.68. The maximum Gasteiger partial charge on any atom is 0.434 e. The van der Waals surface area contributed by atoms with Gasteiger partial charge in [-0.1, -0.05) is 0 Å². The molecule has 0 heterocycles. The first-order valence-electron chi connectivity index (χ1n) is 9.09. The van der Waals surface area contributed by atoms with Crippen LogP contribution in [0.25, 0.3) is 10.8 Å². The Hall–Kier alpha value is -2.90. The van der Waals surface area contributed by atoms with E-state index in [9.17, 15) is 71.1 Å². The molecule has 4 nitrogen and oxygen atoms in total. The molecule has 0 amide bonds. The van der Waals surface area contributed by atoms with Crippen LogP contribution in [0.2, 0.25) is 0 Å². The van der Waals surface area contributed by atoms with Gasteiger partial charge in [0.05, 0.1) is 10.8 Å². The topological polar surface area (TPSA) is 52.6 Å². The van der Waals surface area contributed by atoms with E-state index in [1.54, 1.807) is 0 Å². The molecule has 0 fully saturated rings. The maximum atomic E-state index is 15.0. The van der Waals surface area contributed by atoms with Gasteiger partial charge in [0.1, 0.15) is 22.8 Å². The van der Waals surface area contributed by atoms with Crippen molar-refractivity contribution < 1.29 is 89.3 Å². The summed E-state index contributed by atoms with van der Waals surface area (Å²) in [6.45, 7) is 0. The van der Waals surface area contributed by atoms with E-state index in [1.807, 2.05) is 0 Å². The van der Waals surface area contributed by atoms with Crippen molar-refractivity contribution in [2.45, 2.75) is 36.9 Å². The van der Waals surface area contributed by atoms with Crippen LogP contribution in [-0.4, -0.2) is 47.4 Å². The zero-order valence-electron chi connectivity index (χ0n) is 17.6. The zero-order chi connectivity index (χ0) is 31.5. The van der Waals surface area contributed by atoms with E-state index in [0.29, 0.717) is 0 Å². The minimum absolute atomic E-state index is 2.57. The summed E-state index contributed by atoms with van der Waals surface area (Å²) < 4.78 is 223. The average Bonchev–Trinajstić information content (AvgIpc) is 2.69. The van der Waals surface area contributed by atoms with Crippen LogP contribution in [0.1, 0.15) is 20.7 Å². The van der Waals surface area contributed by atoms with Crippen molar-refractivity contribution in [3.05, 3.63) is 34.4 Å². The minimum Gasteiger partial charge on any atom is -0.467 e. The quantitative estimate of drug-likeness (QED) is 0.234. The smallest absolute Gasteiger partial charge is 0.434 e. The molecule has 0 aliphatic rings. The minimum atomic E-state index is -6.62. The fourth-order valence-electron chi connectivity index (χ4n) is 2.98. The van der Waals surface area contributed by atoms with Crippen molar-refractivity contribution in [3.8, 4) is 11.5 Å². The van der Waals surface area contributed by atoms with Gasteiger partial charge in [0.25, 0.3) is 22.7 Å². The molecule has 0 unspecified atom stereocenters. The van der Waals surface area contributed by atoms with Crippen molar-refractivity contribution in [2.75, 3.05) is 0 Å². The number of rotatable bonds is 6. The highest BCUT2D eigenvalue weighted by Gasteiger charge is 2.61. The van der Waals surface area contributed by atoms with E-state index in [4.69, 9.17) is 23.2 Å². The molecule has 0 N–H and O–H groups in total. The molecule has 0 aromatic heterocycles. The summed E-state index contributed by atoms with van der Waals surface area (Å²) in [5, 5.41) is -10.5. The fourth-order valence-corrected chi connectivity index (χ4v) is 3.31. The Morgan fingerprint density at radius 2 is 0.725 bits per heavy atom. The Morgan fingerprint density at radius 3 is 0.900 bits per heavy atom. The largest absolute Gasteiger partial charge is 0.467 e. The summed E-state index contributed by atoms with van der Waals surface area (Å²) in [5.74, 6) is -17.8. The normalized spacial score (nSPS) is 13.4. The fraction of sp³-hybridized carbons (Fsp3) is 0.333. The lowest BCUT2D eigenvalue weighted by Gasteiger charge is -2.27. The van der Waals surface area contributed by atoms with Gasteiger partial charge in [0.15, 0.2) is 23.1 Å². The van der Waals surface area contributed by atoms with Crippen LogP contribution in [0.3, 0.4) is 0 Å². The van der Waals surface area contributed by atoms with Crippen molar-refractivity contribution in [1.29, 1.82) is 0 Å². The van der Waals surface area contributed by atoms with E-state index in [0.717, 1.165) is 0 Å². The summed E-state index contributed by atoms with van der Waals surface area (Å²) in [5.41, 5.74) is -5.15. The third-order valence-electron chi connectivity index (χ3n) is 4.47. The van der Waals surface area contributed by atoms with Gasteiger partial charge >= 0.3 is 24.7 Å². The predicted octanol–water partition coefficient (Wildman–Crippen LogP) is 7.90. The molecular weight excluding hydrogens is 655 g/mol.